The van der Waals surface area contributed by atoms with Crippen LogP contribution in [0.4, 0.5) is 26.3 Å². The van der Waals surface area contributed by atoms with Gasteiger partial charge in [0.05, 0.1) is 11.1 Å². The Kier molecular flexibility index (Phi) is 13.0. The molecule has 0 heterocycles. The van der Waals surface area contributed by atoms with Gasteiger partial charge in [0.2, 0.25) is 0 Å². The molecule has 0 fully saturated rings. The Bertz CT molecular complexity index is 2300. The fourth-order valence-corrected chi connectivity index (χ4v) is 11.7. The second kappa shape index (κ2) is 16.2. The topological polar surface area (TPSA) is 0 Å². The average molecular weight is 891 g/mol. The molecule has 8 heteroatoms. The molecule has 0 saturated heterocycles. The quantitative estimate of drug-likeness (QED) is 0.125. The van der Waals surface area contributed by atoms with Crippen LogP contribution in [-0.4, -0.2) is 0 Å². The number of hydrogen-bond donors (Lipinski definition) is 0. The van der Waals surface area contributed by atoms with E-state index in [1.54, 1.807) is 0 Å². The summed E-state index contributed by atoms with van der Waals surface area (Å²) in [4.78, 5) is 1.92. The van der Waals surface area contributed by atoms with E-state index in [-0.39, 0.29) is 32.5 Å². The van der Waals surface area contributed by atoms with Crippen molar-refractivity contribution in [2.75, 3.05) is 0 Å². The zero-order valence-corrected chi connectivity index (χ0v) is 41.9. The second-order valence-electron chi connectivity index (χ2n) is 23.2. The van der Waals surface area contributed by atoms with Crippen molar-refractivity contribution in [2.24, 2.45) is 0 Å². The van der Waals surface area contributed by atoms with Crippen LogP contribution in [0.15, 0.2) is 72.8 Å². The number of benzene rings is 4. The third kappa shape index (κ3) is 10.6. The summed E-state index contributed by atoms with van der Waals surface area (Å²) in [5, 5.41) is 2.29. The zero-order chi connectivity index (χ0) is 47.1. The Hall–Kier alpha value is -3.46. The normalized spacial score (nSPS) is 14.6. The average Bonchev–Trinajstić information content (AvgIpc) is 3.08. The maximum atomic E-state index is 14.0. The van der Waals surface area contributed by atoms with E-state index in [1.165, 1.54) is 57.6 Å². The first-order valence-electron chi connectivity index (χ1n) is 21.5. The van der Waals surface area contributed by atoms with Gasteiger partial charge >= 0.3 is 12.4 Å². The molecule has 5 rings (SSSR count). The van der Waals surface area contributed by atoms with Crippen LogP contribution < -0.4 is 10.6 Å². The van der Waals surface area contributed by atoms with E-state index >= 15 is 0 Å². The number of halogens is 6. The van der Waals surface area contributed by atoms with Gasteiger partial charge in [-0.2, -0.15) is 26.3 Å². The first-order valence-corrected chi connectivity index (χ1v) is 23.3. The summed E-state index contributed by atoms with van der Waals surface area (Å²) in [6.07, 6.45) is -9.07. The van der Waals surface area contributed by atoms with Crippen LogP contribution in [0.5, 0.6) is 0 Å². The smallest absolute Gasteiger partial charge is 0.166 e. The Morgan fingerprint density at radius 1 is 0.306 bits per heavy atom. The van der Waals surface area contributed by atoms with Gasteiger partial charge in [-0.3, -0.25) is 0 Å². The van der Waals surface area contributed by atoms with Crippen LogP contribution in [0.2, 0.25) is 0 Å². The maximum absolute atomic E-state index is 14.0. The monoisotopic (exact) mass is 890 g/mol. The molecule has 0 atom stereocenters. The molecule has 0 aliphatic heterocycles. The third-order valence-electron chi connectivity index (χ3n) is 11.6. The van der Waals surface area contributed by atoms with Gasteiger partial charge in [-0.05, 0) is 101 Å². The van der Waals surface area contributed by atoms with E-state index in [1.807, 2.05) is 0 Å². The molecule has 0 unspecified atom stereocenters. The lowest BCUT2D eigenvalue weighted by Crippen LogP contribution is -2.30. The summed E-state index contributed by atoms with van der Waals surface area (Å²) in [5.41, 5.74) is 6.99. The maximum Gasteiger partial charge on any atom is 0.416 e. The molecule has 0 bridgehead atoms. The Balaban J connectivity index is 2.15. The molecule has 0 amide bonds. The molecular formula is C54H66F6P2. The number of alkyl halides is 6. The largest absolute Gasteiger partial charge is 0.416 e. The first-order chi connectivity index (χ1) is 27.8. The molecule has 5 aromatic carbocycles. The Morgan fingerprint density at radius 2 is 0.532 bits per heavy atom. The van der Waals surface area contributed by atoms with Gasteiger partial charge in [0.15, 0.2) is 0 Å². The fourth-order valence-electron chi connectivity index (χ4n) is 7.73. The predicted molar refractivity (Wildman–Crippen MR) is 254 cm³/mol. The number of hydrogen-bond acceptors (Lipinski definition) is 0. The minimum Gasteiger partial charge on any atom is -0.166 e. The van der Waals surface area contributed by atoms with E-state index in [0.29, 0.717) is 11.1 Å². The molecule has 0 aliphatic rings. The van der Waals surface area contributed by atoms with Gasteiger partial charge in [-0.25, -0.2) is 0 Å². The highest BCUT2D eigenvalue weighted by Crippen LogP contribution is 2.48. The van der Waals surface area contributed by atoms with Crippen molar-refractivity contribution in [3.05, 3.63) is 127 Å². The summed E-state index contributed by atoms with van der Waals surface area (Å²) in [6, 6.07) is 19.8. The van der Waals surface area contributed by atoms with Gasteiger partial charge in [-0.1, -0.05) is 190 Å². The fraction of sp³-hybridized carbons (Fsp3) is 0.481. The molecule has 62 heavy (non-hydrogen) atoms. The molecule has 0 aromatic heterocycles. The molecule has 0 nitrogen and oxygen atoms in total. The van der Waals surface area contributed by atoms with Crippen LogP contribution in [0.3, 0.4) is 0 Å². The van der Waals surface area contributed by atoms with Crippen LogP contribution in [0.25, 0.3) is 22.3 Å². The van der Waals surface area contributed by atoms with Crippen LogP contribution >= 0.6 is 16.4 Å². The Morgan fingerprint density at radius 3 is 0.710 bits per heavy atom. The lowest BCUT2D eigenvalue weighted by atomic mass is 9.75. The van der Waals surface area contributed by atoms with Crippen LogP contribution in [-0.2, 0) is 44.8 Å². The van der Waals surface area contributed by atoms with Gasteiger partial charge in [0.1, 0.15) is 0 Å². The lowest BCUT2D eigenvalue weighted by molar-refractivity contribution is -0.138. The SMILES string of the molecule is CC(C)(C)c1cc(C(C)(C)C)c(P=c2c(-c3ccc(C(F)(F)F)cc3)c(-c3ccc(C(F)(F)F)cc3)c2=Pc2c(C(C)(C)C)cc(C(C)(C)C)cc2C(C)(C)C)c(C(C)(C)C)c1. The molecule has 0 N–H and O–H groups in total. The van der Waals surface area contributed by atoms with E-state index in [0.717, 1.165) is 72.3 Å². The standard InChI is InChI=1S/C54H66F6P2/c1-47(2,3)35-27-37(49(7,8)9)43(38(28-35)50(10,11)12)61-45-41(31-19-23-33(24-20-31)53(55,56)57)42(32-21-25-34(26-22-32)54(58,59)60)46(45)62-44-39(51(13,14)15)29-36(48(4,5)6)30-40(44)52(16,17)18/h19-30H,1-18H3. The summed E-state index contributed by atoms with van der Waals surface area (Å²) in [6.45, 7) is 39.9. The Labute approximate surface area is 370 Å². The molecule has 0 radical (unpaired) electrons. The summed E-state index contributed by atoms with van der Waals surface area (Å²) in [7, 11) is 1.75. The minimum absolute atomic E-state index is 0.137. The molecule has 0 spiro atoms. The van der Waals surface area contributed by atoms with Crippen molar-refractivity contribution < 1.29 is 26.3 Å². The predicted octanol–water partition coefficient (Wildman–Crippen LogP) is 17.3. The van der Waals surface area contributed by atoms with Crippen molar-refractivity contribution >= 4 is 27.0 Å². The van der Waals surface area contributed by atoms with Crippen molar-refractivity contribution in [1.29, 1.82) is 0 Å². The first kappa shape index (κ1) is 49.6. The highest BCUT2D eigenvalue weighted by atomic mass is 31.1. The van der Waals surface area contributed by atoms with Gasteiger partial charge in [0.25, 0.3) is 0 Å². The molecule has 334 valence electrons. The van der Waals surface area contributed by atoms with E-state index in [4.69, 9.17) is 0 Å². The van der Waals surface area contributed by atoms with Crippen molar-refractivity contribution in [3.63, 3.8) is 0 Å². The van der Waals surface area contributed by atoms with Gasteiger partial charge in [-0.15, -0.1) is 0 Å². The third-order valence-corrected chi connectivity index (χ3v) is 14.5. The molecule has 0 saturated carbocycles. The zero-order valence-electron chi connectivity index (χ0n) is 40.1. The van der Waals surface area contributed by atoms with Crippen molar-refractivity contribution in [1.82, 2.24) is 0 Å². The summed E-state index contributed by atoms with van der Waals surface area (Å²) >= 11 is 0. The van der Waals surface area contributed by atoms with E-state index in [9.17, 15) is 26.3 Å². The molecule has 5 aromatic rings. The van der Waals surface area contributed by atoms with Crippen LogP contribution in [0, 0.1) is 9.88 Å². The summed E-state index contributed by atoms with van der Waals surface area (Å²) < 4.78 is 84.3. The van der Waals surface area contributed by atoms with Crippen molar-refractivity contribution in [2.45, 2.75) is 169 Å². The lowest BCUT2D eigenvalue weighted by Gasteiger charge is -2.33. The van der Waals surface area contributed by atoms with Crippen LogP contribution in [0.1, 0.15) is 169 Å². The number of rotatable bonds is 4. The van der Waals surface area contributed by atoms with E-state index < -0.39 is 23.5 Å². The molecular weight excluding hydrogens is 825 g/mol. The van der Waals surface area contributed by atoms with Crippen molar-refractivity contribution in [3.8, 4) is 22.3 Å². The van der Waals surface area contributed by atoms with Gasteiger partial charge in [0, 0.05) is 31.6 Å². The van der Waals surface area contributed by atoms with Gasteiger partial charge < -0.3 is 0 Å². The minimum atomic E-state index is -4.53. The summed E-state index contributed by atoms with van der Waals surface area (Å²) in [5.74, 6) is 0. The highest BCUT2D eigenvalue weighted by Gasteiger charge is 2.35. The second-order valence-corrected chi connectivity index (χ2v) is 25.4. The highest BCUT2D eigenvalue weighted by molar-refractivity contribution is 7.42. The van der Waals surface area contributed by atoms with E-state index in [2.05, 4.69) is 149 Å². The molecule has 0 aliphatic carbocycles.